The van der Waals surface area contributed by atoms with Crippen molar-refractivity contribution >= 4 is 23.2 Å². The zero-order valence-electron chi connectivity index (χ0n) is 14.7. The summed E-state index contributed by atoms with van der Waals surface area (Å²) in [6.07, 6.45) is 7.86. The summed E-state index contributed by atoms with van der Waals surface area (Å²) in [6, 6.07) is 15.3. The molecular weight excluding hydrogens is 310 g/mol. The van der Waals surface area contributed by atoms with Crippen LogP contribution in [0.25, 0.3) is 11.0 Å². The predicted octanol–water partition coefficient (Wildman–Crippen LogP) is 5.46. The molecule has 0 radical (unpaired) electrons. The smallest absolute Gasteiger partial charge is 0.230 e. The summed E-state index contributed by atoms with van der Waals surface area (Å²) in [5.74, 6) is 0.924. The zero-order chi connectivity index (χ0) is 17.5. The quantitative estimate of drug-likeness (QED) is 0.439. The van der Waals surface area contributed by atoms with E-state index >= 15 is 0 Å². The molecule has 0 amide bonds. The molecule has 1 aromatic heterocycles. The highest BCUT2D eigenvalue weighted by Gasteiger charge is 2.09. The van der Waals surface area contributed by atoms with E-state index in [4.69, 9.17) is 0 Å². The van der Waals surface area contributed by atoms with Crippen molar-refractivity contribution in [2.45, 2.75) is 45.6 Å². The van der Waals surface area contributed by atoms with Crippen molar-refractivity contribution in [3.05, 3.63) is 54.1 Å². The van der Waals surface area contributed by atoms with Gasteiger partial charge in [0.15, 0.2) is 0 Å². The molecule has 3 aromatic rings. The monoisotopic (exact) mass is 335 g/mol. The Labute approximate surface area is 148 Å². The molecule has 3 rings (SSSR count). The van der Waals surface area contributed by atoms with Crippen LogP contribution in [0.3, 0.4) is 0 Å². The molecule has 130 valence electrons. The lowest BCUT2D eigenvalue weighted by atomic mass is 10.1. The highest BCUT2D eigenvalue weighted by Crippen LogP contribution is 2.23. The van der Waals surface area contributed by atoms with Crippen LogP contribution in [-0.2, 0) is 6.54 Å². The molecular formula is C21H25N3O. The normalized spacial score (nSPS) is 11.6. The third-order valence-corrected chi connectivity index (χ3v) is 4.38. The highest BCUT2D eigenvalue weighted by molar-refractivity contribution is 5.86. The Balaban J connectivity index is 1.83. The average molecular weight is 335 g/mol. The molecule has 0 unspecified atom stereocenters. The minimum Gasteiger partial charge on any atom is -0.507 e. The largest absolute Gasteiger partial charge is 0.507 e. The second-order valence-electron chi connectivity index (χ2n) is 6.28. The lowest BCUT2D eigenvalue weighted by Crippen LogP contribution is -1.98. The Morgan fingerprint density at radius 2 is 1.76 bits per heavy atom. The van der Waals surface area contributed by atoms with Crippen molar-refractivity contribution in [2.24, 2.45) is 4.99 Å². The summed E-state index contributed by atoms with van der Waals surface area (Å²) in [6.45, 7) is 3.15. The van der Waals surface area contributed by atoms with Crippen LogP contribution in [0.2, 0.25) is 0 Å². The lowest BCUT2D eigenvalue weighted by molar-refractivity contribution is 0.474. The van der Waals surface area contributed by atoms with Crippen molar-refractivity contribution in [2.75, 3.05) is 0 Å². The van der Waals surface area contributed by atoms with Gasteiger partial charge in [0.05, 0.1) is 11.0 Å². The maximum atomic E-state index is 9.90. The number of benzene rings is 2. The second-order valence-corrected chi connectivity index (χ2v) is 6.28. The predicted molar refractivity (Wildman–Crippen MR) is 104 cm³/mol. The molecule has 0 aliphatic carbocycles. The number of aryl methyl sites for hydroxylation is 1. The first-order chi connectivity index (χ1) is 12.3. The molecule has 1 heterocycles. The van der Waals surface area contributed by atoms with Crippen LogP contribution >= 0.6 is 0 Å². The van der Waals surface area contributed by atoms with Crippen LogP contribution in [0.1, 0.15) is 44.6 Å². The Morgan fingerprint density at radius 1 is 1.00 bits per heavy atom. The highest BCUT2D eigenvalue weighted by atomic mass is 16.3. The Kier molecular flexibility index (Phi) is 5.83. The van der Waals surface area contributed by atoms with E-state index in [0.29, 0.717) is 11.5 Å². The van der Waals surface area contributed by atoms with Gasteiger partial charge in [-0.2, -0.15) is 0 Å². The van der Waals surface area contributed by atoms with Crippen LogP contribution < -0.4 is 0 Å². The van der Waals surface area contributed by atoms with E-state index in [9.17, 15) is 5.11 Å². The lowest BCUT2D eigenvalue weighted by Gasteiger charge is -2.06. The van der Waals surface area contributed by atoms with Gasteiger partial charge >= 0.3 is 0 Å². The van der Waals surface area contributed by atoms with Gasteiger partial charge in [-0.25, -0.2) is 9.98 Å². The first-order valence-electron chi connectivity index (χ1n) is 9.07. The fraction of sp³-hybridized carbons (Fsp3) is 0.333. The van der Waals surface area contributed by atoms with Crippen molar-refractivity contribution in [1.29, 1.82) is 0 Å². The number of imidazole rings is 1. The summed E-state index contributed by atoms with van der Waals surface area (Å²) in [7, 11) is 0. The first-order valence-corrected chi connectivity index (χ1v) is 9.07. The van der Waals surface area contributed by atoms with E-state index < -0.39 is 0 Å². The minimum atomic E-state index is 0.230. The van der Waals surface area contributed by atoms with E-state index in [2.05, 4.69) is 27.5 Å². The van der Waals surface area contributed by atoms with Crippen LogP contribution in [0, 0.1) is 0 Å². The number of aromatic hydroxyl groups is 1. The topological polar surface area (TPSA) is 50.4 Å². The van der Waals surface area contributed by atoms with Gasteiger partial charge in [0, 0.05) is 18.3 Å². The van der Waals surface area contributed by atoms with Crippen LogP contribution in [0.15, 0.2) is 53.5 Å². The zero-order valence-corrected chi connectivity index (χ0v) is 14.7. The number of rotatable bonds is 8. The molecule has 2 aromatic carbocycles. The van der Waals surface area contributed by atoms with E-state index in [-0.39, 0.29) is 5.75 Å². The van der Waals surface area contributed by atoms with E-state index in [1.54, 1.807) is 18.3 Å². The van der Waals surface area contributed by atoms with Gasteiger partial charge in [0.2, 0.25) is 5.95 Å². The van der Waals surface area contributed by atoms with E-state index in [0.717, 1.165) is 24.0 Å². The standard InChI is InChI=1S/C21H25N3O/c1-2-3-4-5-10-15-24-19-13-8-7-12-18(19)23-21(24)22-16-17-11-6-9-14-20(17)25/h6-9,11-14,16,25H,2-5,10,15H2,1H3/b22-16+. The molecule has 0 bridgehead atoms. The van der Waals surface area contributed by atoms with E-state index in [1.165, 1.54) is 25.7 Å². The molecule has 0 saturated heterocycles. The third-order valence-electron chi connectivity index (χ3n) is 4.38. The summed E-state index contributed by atoms with van der Waals surface area (Å²) in [5, 5.41) is 9.90. The number of unbranched alkanes of at least 4 members (excludes halogenated alkanes) is 4. The molecule has 4 heteroatoms. The van der Waals surface area contributed by atoms with Gasteiger partial charge in [0.1, 0.15) is 5.75 Å². The number of aliphatic imine (C=N–C) groups is 1. The molecule has 0 fully saturated rings. The molecule has 0 aliphatic heterocycles. The Morgan fingerprint density at radius 3 is 2.60 bits per heavy atom. The summed E-state index contributed by atoms with van der Waals surface area (Å²) in [4.78, 5) is 9.21. The van der Waals surface area contributed by atoms with Crippen molar-refractivity contribution in [3.63, 3.8) is 0 Å². The van der Waals surface area contributed by atoms with Gasteiger partial charge in [-0.05, 0) is 30.7 Å². The number of para-hydroxylation sites is 3. The van der Waals surface area contributed by atoms with Crippen molar-refractivity contribution in [1.82, 2.24) is 9.55 Å². The van der Waals surface area contributed by atoms with Gasteiger partial charge in [-0.1, -0.05) is 56.9 Å². The van der Waals surface area contributed by atoms with Crippen LogP contribution in [0.4, 0.5) is 5.95 Å². The molecule has 25 heavy (non-hydrogen) atoms. The van der Waals surface area contributed by atoms with Gasteiger partial charge in [-0.15, -0.1) is 0 Å². The summed E-state index contributed by atoms with van der Waals surface area (Å²) >= 11 is 0. The number of aromatic nitrogens is 2. The second kappa shape index (κ2) is 8.47. The van der Waals surface area contributed by atoms with Gasteiger partial charge in [0.25, 0.3) is 0 Å². The number of nitrogens with zero attached hydrogens (tertiary/aromatic N) is 3. The maximum absolute atomic E-state index is 9.90. The van der Waals surface area contributed by atoms with Crippen molar-refractivity contribution in [3.8, 4) is 5.75 Å². The van der Waals surface area contributed by atoms with E-state index in [1.807, 2.05) is 30.3 Å². The van der Waals surface area contributed by atoms with Gasteiger partial charge in [-0.3, -0.25) is 0 Å². The number of fused-ring (bicyclic) bond motifs is 1. The average Bonchev–Trinajstić information content (AvgIpc) is 2.99. The molecule has 0 aliphatic rings. The fourth-order valence-electron chi connectivity index (χ4n) is 2.98. The number of hydrogen-bond acceptors (Lipinski definition) is 3. The third kappa shape index (κ3) is 4.27. The summed E-state index contributed by atoms with van der Waals surface area (Å²) < 4.78 is 2.18. The fourth-order valence-corrected chi connectivity index (χ4v) is 2.98. The minimum absolute atomic E-state index is 0.230. The molecule has 0 atom stereocenters. The summed E-state index contributed by atoms with van der Waals surface area (Å²) in [5.41, 5.74) is 2.77. The molecule has 0 saturated carbocycles. The maximum Gasteiger partial charge on any atom is 0.230 e. The first kappa shape index (κ1) is 17.2. The molecule has 1 N–H and O–H groups in total. The SMILES string of the molecule is CCCCCCCn1c(/N=C/c2ccccc2O)nc2ccccc21. The molecule has 0 spiro atoms. The number of phenols is 1. The van der Waals surface area contributed by atoms with Crippen LogP contribution in [-0.4, -0.2) is 20.9 Å². The Hall–Kier alpha value is -2.62. The van der Waals surface area contributed by atoms with Gasteiger partial charge < -0.3 is 9.67 Å². The van der Waals surface area contributed by atoms with Crippen molar-refractivity contribution < 1.29 is 5.11 Å². The number of phenolic OH excluding ortho intramolecular Hbond substituents is 1. The Bertz CT molecular complexity index is 851. The van der Waals surface area contributed by atoms with Crippen LogP contribution in [0.5, 0.6) is 5.75 Å². The number of hydrogen-bond donors (Lipinski definition) is 1. The molecule has 4 nitrogen and oxygen atoms in total.